The molecule has 0 spiro atoms. The first kappa shape index (κ1) is 18.3. The molecule has 5 heteroatoms. The van der Waals surface area contributed by atoms with E-state index >= 15 is 0 Å². The van der Waals surface area contributed by atoms with Gasteiger partial charge in [0, 0.05) is 38.8 Å². The largest absolute Gasteiger partial charge is 0.352 e. The van der Waals surface area contributed by atoms with E-state index in [1.807, 2.05) is 6.07 Å². The van der Waals surface area contributed by atoms with Gasteiger partial charge < -0.3 is 5.32 Å². The molecule has 1 N–H and O–H groups in total. The van der Waals surface area contributed by atoms with E-state index in [-0.39, 0.29) is 11.7 Å². The molecule has 1 aliphatic heterocycles. The van der Waals surface area contributed by atoms with E-state index in [1.54, 1.807) is 12.1 Å². The lowest BCUT2D eigenvalue weighted by atomic mass is 10.1. The van der Waals surface area contributed by atoms with Crippen LogP contribution in [0.5, 0.6) is 0 Å². The van der Waals surface area contributed by atoms with E-state index in [4.69, 9.17) is 0 Å². The molecule has 0 unspecified atom stereocenters. The van der Waals surface area contributed by atoms with Gasteiger partial charge in [-0.15, -0.1) is 0 Å². The van der Waals surface area contributed by atoms with E-state index in [0.717, 1.165) is 51.1 Å². The van der Waals surface area contributed by atoms with E-state index in [2.05, 4.69) is 15.1 Å². The third kappa shape index (κ3) is 6.08. The third-order valence-corrected chi connectivity index (χ3v) is 5.35. The summed E-state index contributed by atoms with van der Waals surface area (Å²) in [5, 5.41) is 3.23. The Morgan fingerprint density at radius 2 is 1.72 bits per heavy atom. The number of halogens is 1. The van der Waals surface area contributed by atoms with Crippen LogP contribution in [0.15, 0.2) is 24.3 Å². The van der Waals surface area contributed by atoms with Gasteiger partial charge in [-0.05, 0) is 30.5 Å². The fourth-order valence-corrected chi connectivity index (χ4v) is 3.90. The monoisotopic (exact) mass is 347 g/mol. The maximum atomic E-state index is 13.3. The number of hydrogen-bond acceptors (Lipinski definition) is 3. The van der Waals surface area contributed by atoms with Crippen molar-refractivity contribution >= 4 is 5.91 Å². The van der Waals surface area contributed by atoms with Gasteiger partial charge in [0.05, 0.1) is 6.54 Å². The van der Waals surface area contributed by atoms with Crippen molar-refractivity contribution in [2.75, 3.05) is 32.7 Å². The standard InChI is InChI=1S/C20H30FN3O/c21-18-7-5-6-17(14-18)15-23-10-12-24(13-11-23)16-20(25)22-19-8-3-1-2-4-9-19/h5-7,14,19H,1-4,8-13,15-16H2,(H,22,25). The van der Waals surface area contributed by atoms with Crippen LogP contribution in [0.25, 0.3) is 0 Å². The summed E-state index contributed by atoms with van der Waals surface area (Å²) in [6.45, 7) is 4.92. The van der Waals surface area contributed by atoms with Crippen molar-refractivity contribution in [1.82, 2.24) is 15.1 Å². The molecule has 1 saturated carbocycles. The van der Waals surface area contributed by atoms with Crippen molar-refractivity contribution in [3.63, 3.8) is 0 Å². The molecule has 2 fully saturated rings. The zero-order chi connectivity index (χ0) is 17.5. The minimum Gasteiger partial charge on any atom is -0.352 e. The minimum absolute atomic E-state index is 0.172. The second-order valence-electron chi connectivity index (χ2n) is 7.44. The average Bonchev–Trinajstić information content (AvgIpc) is 2.85. The fourth-order valence-electron chi connectivity index (χ4n) is 3.90. The molecule has 1 saturated heterocycles. The Kier molecular flexibility index (Phi) is 6.82. The molecular formula is C20H30FN3O. The summed E-state index contributed by atoms with van der Waals surface area (Å²) < 4.78 is 13.3. The molecule has 1 aromatic rings. The SMILES string of the molecule is O=C(CN1CCN(Cc2cccc(F)c2)CC1)NC1CCCCCC1. The second-order valence-corrected chi connectivity index (χ2v) is 7.44. The first-order valence-corrected chi connectivity index (χ1v) is 9.67. The molecule has 0 atom stereocenters. The number of hydrogen-bond donors (Lipinski definition) is 1. The quantitative estimate of drug-likeness (QED) is 0.832. The number of nitrogens with one attached hydrogen (secondary N) is 1. The van der Waals surface area contributed by atoms with Crippen LogP contribution in [0.2, 0.25) is 0 Å². The molecule has 4 nitrogen and oxygen atoms in total. The van der Waals surface area contributed by atoms with Gasteiger partial charge in [-0.25, -0.2) is 4.39 Å². The van der Waals surface area contributed by atoms with E-state index < -0.39 is 0 Å². The topological polar surface area (TPSA) is 35.6 Å². The summed E-state index contributed by atoms with van der Waals surface area (Å²) in [4.78, 5) is 16.9. The normalized spacial score (nSPS) is 21.0. The highest BCUT2D eigenvalue weighted by atomic mass is 19.1. The summed E-state index contributed by atoms with van der Waals surface area (Å²) >= 11 is 0. The molecule has 1 amide bonds. The van der Waals surface area contributed by atoms with Crippen molar-refractivity contribution < 1.29 is 9.18 Å². The van der Waals surface area contributed by atoms with E-state index in [0.29, 0.717) is 12.6 Å². The van der Waals surface area contributed by atoms with Crippen LogP contribution in [0.4, 0.5) is 4.39 Å². The van der Waals surface area contributed by atoms with Crippen molar-refractivity contribution in [1.29, 1.82) is 0 Å². The van der Waals surface area contributed by atoms with Crippen molar-refractivity contribution in [3.05, 3.63) is 35.6 Å². The summed E-state index contributed by atoms with van der Waals surface area (Å²) in [6, 6.07) is 7.19. The van der Waals surface area contributed by atoms with Gasteiger partial charge in [-0.3, -0.25) is 14.6 Å². The van der Waals surface area contributed by atoms with Crippen molar-refractivity contribution in [2.45, 2.75) is 51.1 Å². The average molecular weight is 347 g/mol. The van der Waals surface area contributed by atoms with Crippen LogP contribution in [-0.4, -0.2) is 54.5 Å². The number of nitrogens with zero attached hydrogens (tertiary/aromatic N) is 2. The minimum atomic E-state index is -0.175. The molecule has 1 heterocycles. The van der Waals surface area contributed by atoms with Gasteiger partial charge in [0.1, 0.15) is 5.82 Å². The molecule has 1 aliphatic carbocycles. The maximum absolute atomic E-state index is 13.3. The number of carbonyl (C=O) groups is 1. The first-order valence-electron chi connectivity index (χ1n) is 9.67. The second kappa shape index (κ2) is 9.30. The van der Waals surface area contributed by atoms with Gasteiger partial charge in [0.2, 0.25) is 5.91 Å². The molecule has 2 aliphatic rings. The zero-order valence-electron chi connectivity index (χ0n) is 15.1. The summed E-state index contributed by atoms with van der Waals surface area (Å²) in [5.41, 5.74) is 1.01. The zero-order valence-corrected chi connectivity index (χ0v) is 15.1. The Bertz CT molecular complexity index is 550. The molecule has 3 rings (SSSR count). The molecular weight excluding hydrogens is 317 g/mol. The Morgan fingerprint density at radius 3 is 2.40 bits per heavy atom. The van der Waals surface area contributed by atoms with Crippen molar-refractivity contribution in [2.24, 2.45) is 0 Å². The predicted octanol–water partition coefficient (Wildman–Crippen LogP) is 2.78. The number of amides is 1. The lowest BCUT2D eigenvalue weighted by Crippen LogP contribution is -2.50. The van der Waals surface area contributed by atoms with Crippen LogP contribution in [0.3, 0.4) is 0 Å². The lowest BCUT2D eigenvalue weighted by Gasteiger charge is -2.34. The highest BCUT2D eigenvalue weighted by Gasteiger charge is 2.21. The maximum Gasteiger partial charge on any atom is 0.234 e. The van der Waals surface area contributed by atoms with Gasteiger partial charge >= 0.3 is 0 Å². The van der Waals surface area contributed by atoms with Gasteiger partial charge in [-0.2, -0.15) is 0 Å². The Morgan fingerprint density at radius 1 is 1.04 bits per heavy atom. The number of rotatable bonds is 5. The molecule has 0 aromatic heterocycles. The van der Waals surface area contributed by atoms with E-state index in [9.17, 15) is 9.18 Å². The lowest BCUT2D eigenvalue weighted by molar-refractivity contribution is -0.123. The fraction of sp³-hybridized carbons (Fsp3) is 0.650. The van der Waals surface area contributed by atoms with Crippen LogP contribution in [0, 0.1) is 5.82 Å². The molecule has 25 heavy (non-hydrogen) atoms. The van der Waals surface area contributed by atoms with Crippen LogP contribution >= 0.6 is 0 Å². The summed E-state index contributed by atoms with van der Waals surface area (Å²) in [6.07, 6.45) is 7.35. The van der Waals surface area contributed by atoms with Crippen LogP contribution < -0.4 is 5.32 Å². The number of piperazine rings is 1. The Balaban J connectivity index is 1.37. The first-order chi connectivity index (χ1) is 12.2. The third-order valence-electron chi connectivity index (χ3n) is 5.35. The molecule has 138 valence electrons. The molecule has 0 bridgehead atoms. The highest BCUT2D eigenvalue weighted by molar-refractivity contribution is 5.78. The highest BCUT2D eigenvalue weighted by Crippen LogP contribution is 2.17. The summed E-state index contributed by atoms with van der Waals surface area (Å²) in [5.74, 6) is -0.00296. The van der Waals surface area contributed by atoms with Crippen LogP contribution in [-0.2, 0) is 11.3 Å². The molecule has 0 radical (unpaired) electrons. The number of benzene rings is 1. The van der Waals surface area contributed by atoms with Crippen LogP contribution in [0.1, 0.15) is 44.1 Å². The van der Waals surface area contributed by atoms with Gasteiger partial charge in [0.15, 0.2) is 0 Å². The van der Waals surface area contributed by atoms with Gasteiger partial charge in [0.25, 0.3) is 0 Å². The number of carbonyl (C=O) groups excluding carboxylic acids is 1. The van der Waals surface area contributed by atoms with Crippen molar-refractivity contribution in [3.8, 4) is 0 Å². The molecule has 1 aromatic carbocycles. The Labute approximate surface area is 150 Å². The smallest absolute Gasteiger partial charge is 0.234 e. The van der Waals surface area contributed by atoms with E-state index in [1.165, 1.54) is 31.7 Å². The predicted molar refractivity (Wildman–Crippen MR) is 97.7 cm³/mol. The Hall–Kier alpha value is -1.46. The summed E-state index contributed by atoms with van der Waals surface area (Å²) in [7, 11) is 0. The van der Waals surface area contributed by atoms with Gasteiger partial charge in [-0.1, -0.05) is 37.8 Å².